The molecular weight excluding hydrogens is 349 g/mol. The second-order valence-electron chi connectivity index (χ2n) is 4.61. The summed E-state index contributed by atoms with van der Waals surface area (Å²) in [5.41, 5.74) is 5.95. The van der Waals surface area contributed by atoms with E-state index in [0.717, 1.165) is 11.9 Å². The molecule has 9 heteroatoms. The first-order chi connectivity index (χ1) is 10.8. The van der Waals surface area contributed by atoms with Crippen LogP contribution in [0.2, 0.25) is 5.02 Å². The largest absolute Gasteiger partial charge is 0.408 e. The molecule has 1 atom stereocenters. The second kappa shape index (κ2) is 7.31. The highest BCUT2D eigenvalue weighted by Crippen LogP contribution is 2.36. The number of hydrogen-bond donors (Lipinski definition) is 3. The first kappa shape index (κ1) is 17.7. The number of nitrogens with zero attached hydrogens (tertiary/aromatic N) is 1. The Morgan fingerprint density at radius 3 is 2.48 bits per heavy atom. The van der Waals surface area contributed by atoms with Crippen LogP contribution in [0.4, 0.5) is 13.2 Å². The molecule has 0 amide bonds. The molecule has 23 heavy (non-hydrogen) atoms. The van der Waals surface area contributed by atoms with Gasteiger partial charge in [0.25, 0.3) is 0 Å². The number of alkyl halides is 3. The van der Waals surface area contributed by atoms with Crippen LogP contribution in [0.25, 0.3) is 0 Å². The van der Waals surface area contributed by atoms with E-state index in [1.165, 1.54) is 41.7 Å². The van der Waals surface area contributed by atoms with Gasteiger partial charge in [-0.25, -0.2) is 10.6 Å². The molecule has 0 saturated heterocycles. The van der Waals surface area contributed by atoms with Crippen molar-refractivity contribution in [3.63, 3.8) is 0 Å². The van der Waals surface area contributed by atoms with Gasteiger partial charge >= 0.3 is 6.18 Å². The van der Waals surface area contributed by atoms with Crippen molar-refractivity contribution in [2.24, 2.45) is 11.6 Å². The molecule has 124 valence electrons. The van der Waals surface area contributed by atoms with Gasteiger partial charge in [0.15, 0.2) is 0 Å². The van der Waals surface area contributed by atoms with Gasteiger partial charge in [-0.3, -0.25) is 5.01 Å². The van der Waals surface area contributed by atoms with Gasteiger partial charge in [-0.2, -0.15) is 13.2 Å². The second-order valence-corrected chi connectivity index (χ2v) is 5.96. The van der Waals surface area contributed by atoms with Crippen LogP contribution in [0, 0.1) is 0 Å². The minimum absolute atomic E-state index is 0.0739. The lowest BCUT2D eigenvalue weighted by molar-refractivity contribution is -0.152. The Balaban J connectivity index is 2.14. The number of hydrogen-bond acceptors (Lipinski definition) is 5. The average Bonchev–Trinajstić information content (AvgIpc) is 2.49. The number of nitrogens with two attached hydrogens (primary N) is 2. The molecule has 0 saturated carbocycles. The number of benzene rings is 1. The summed E-state index contributed by atoms with van der Waals surface area (Å²) in [6.07, 6.45) is 1.48. The number of rotatable bonds is 4. The van der Waals surface area contributed by atoms with Gasteiger partial charge < -0.3 is 5.73 Å². The standard InChI is InChI=1S/C14H14ClF3N4S/c15-10-3-1-9(2-4-10)13(14(16,17)18)21-23-12-5-6-22(20)11(7-12)8-19/h1-8,13,21H,19-20H2/b11-8-/t13-/m1/s1. The molecule has 1 aliphatic heterocycles. The van der Waals surface area contributed by atoms with Gasteiger partial charge in [0, 0.05) is 22.3 Å². The van der Waals surface area contributed by atoms with Gasteiger partial charge in [0.1, 0.15) is 6.04 Å². The van der Waals surface area contributed by atoms with Crippen LogP contribution in [0.15, 0.2) is 59.4 Å². The maximum Gasteiger partial charge on any atom is 0.408 e. The van der Waals surface area contributed by atoms with Crippen LogP contribution in [-0.4, -0.2) is 11.2 Å². The van der Waals surface area contributed by atoms with Gasteiger partial charge in [-0.15, -0.1) is 0 Å². The fourth-order valence-corrected chi connectivity index (χ4v) is 2.77. The molecule has 5 N–H and O–H groups in total. The van der Waals surface area contributed by atoms with E-state index in [-0.39, 0.29) is 5.56 Å². The molecule has 1 heterocycles. The lowest BCUT2D eigenvalue weighted by Gasteiger charge is -2.23. The van der Waals surface area contributed by atoms with Crippen molar-refractivity contribution in [2.75, 3.05) is 0 Å². The summed E-state index contributed by atoms with van der Waals surface area (Å²) in [4.78, 5) is 0.548. The van der Waals surface area contributed by atoms with Crippen molar-refractivity contribution in [3.8, 4) is 0 Å². The minimum Gasteiger partial charge on any atom is -0.403 e. The lowest BCUT2D eigenvalue weighted by Crippen LogP contribution is -2.31. The van der Waals surface area contributed by atoms with E-state index in [2.05, 4.69) is 4.72 Å². The van der Waals surface area contributed by atoms with E-state index in [1.807, 2.05) is 0 Å². The zero-order valence-electron chi connectivity index (χ0n) is 11.7. The van der Waals surface area contributed by atoms with Gasteiger partial charge in [0.05, 0.1) is 5.70 Å². The molecule has 0 aromatic heterocycles. The number of allylic oxidation sites excluding steroid dienone is 2. The fourth-order valence-electron chi connectivity index (χ4n) is 1.81. The molecular formula is C14H14ClF3N4S. The molecule has 2 rings (SSSR count). The SMILES string of the molecule is N/C=C1/C=C(SN[C@H](c2ccc(Cl)cc2)C(F)(F)F)C=CN1N. The molecule has 1 aliphatic rings. The summed E-state index contributed by atoms with van der Waals surface area (Å²) >= 11 is 6.56. The molecule has 0 unspecified atom stereocenters. The topological polar surface area (TPSA) is 67.3 Å². The summed E-state index contributed by atoms with van der Waals surface area (Å²) in [5, 5.41) is 1.64. The van der Waals surface area contributed by atoms with Crippen molar-refractivity contribution < 1.29 is 13.2 Å². The molecule has 0 bridgehead atoms. The highest BCUT2D eigenvalue weighted by atomic mass is 35.5. The maximum absolute atomic E-state index is 13.3. The molecule has 1 aromatic rings. The van der Waals surface area contributed by atoms with Crippen LogP contribution in [0.5, 0.6) is 0 Å². The van der Waals surface area contributed by atoms with E-state index in [0.29, 0.717) is 15.6 Å². The first-order valence-corrected chi connectivity index (χ1v) is 7.61. The average molecular weight is 363 g/mol. The zero-order chi connectivity index (χ0) is 17.0. The van der Waals surface area contributed by atoms with Crippen LogP contribution < -0.4 is 16.3 Å². The van der Waals surface area contributed by atoms with Crippen molar-refractivity contribution in [3.05, 3.63) is 70.0 Å². The van der Waals surface area contributed by atoms with E-state index in [1.54, 1.807) is 12.2 Å². The number of nitrogens with one attached hydrogen (secondary N) is 1. The van der Waals surface area contributed by atoms with Crippen molar-refractivity contribution in [2.45, 2.75) is 12.2 Å². The molecule has 0 fully saturated rings. The van der Waals surface area contributed by atoms with Crippen LogP contribution >= 0.6 is 23.5 Å². The Labute approximate surface area is 140 Å². The molecule has 4 nitrogen and oxygen atoms in total. The third-order valence-electron chi connectivity index (χ3n) is 2.98. The predicted molar refractivity (Wildman–Crippen MR) is 86.5 cm³/mol. The quantitative estimate of drug-likeness (QED) is 0.564. The summed E-state index contributed by atoms with van der Waals surface area (Å²) in [6.45, 7) is 0. The summed E-state index contributed by atoms with van der Waals surface area (Å²) in [7, 11) is 0. The molecule has 0 radical (unpaired) electrons. The smallest absolute Gasteiger partial charge is 0.403 e. The summed E-state index contributed by atoms with van der Waals surface area (Å²) in [5.74, 6) is 5.61. The third-order valence-corrected chi connectivity index (χ3v) is 4.08. The van der Waals surface area contributed by atoms with Crippen LogP contribution in [-0.2, 0) is 0 Å². The van der Waals surface area contributed by atoms with Crippen molar-refractivity contribution in [1.82, 2.24) is 9.73 Å². The van der Waals surface area contributed by atoms with Crippen LogP contribution in [0.1, 0.15) is 11.6 Å². The number of halogens is 4. The minimum atomic E-state index is -4.45. The summed E-state index contributed by atoms with van der Waals surface area (Å²) in [6, 6.07) is 3.69. The highest BCUT2D eigenvalue weighted by Gasteiger charge is 2.40. The van der Waals surface area contributed by atoms with E-state index in [9.17, 15) is 13.2 Å². The highest BCUT2D eigenvalue weighted by molar-refractivity contribution is 8.01. The normalized spacial score (nSPS) is 18.2. The Bertz CT molecular complexity index is 640. The Hall–Kier alpha value is -1.61. The molecule has 0 aliphatic carbocycles. The Kier molecular flexibility index (Phi) is 5.64. The van der Waals surface area contributed by atoms with Crippen molar-refractivity contribution >= 4 is 23.5 Å². The fraction of sp³-hybridized carbons (Fsp3) is 0.143. The zero-order valence-corrected chi connectivity index (χ0v) is 13.3. The number of hydrazine groups is 1. The first-order valence-electron chi connectivity index (χ1n) is 6.41. The Morgan fingerprint density at radius 1 is 1.26 bits per heavy atom. The monoisotopic (exact) mass is 362 g/mol. The summed E-state index contributed by atoms with van der Waals surface area (Å²) < 4.78 is 42.2. The maximum atomic E-state index is 13.3. The van der Waals surface area contributed by atoms with E-state index >= 15 is 0 Å². The van der Waals surface area contributed by atoms with E-state index in [4.69, 9.17) is 23.2 Å². The van der Waals surface area contributed by atoms with Gasteiger partial charge in [-0.05, 0) is 41.8 Å². The molecule has 1 aromatic carbocycles. The predicted octanol–water partition coefficient (Wildman–Crippen LogP) is 3.57. The Morgan fingerprint density at radius 2 is 1.91 bits per heavy atom. The third kappa shape index (κ3) is 4.68. The van der Waals surface area contributed by atoms with Crippen LogP contribution in [0.3, 0.4) is 0 Å². The molecule has 0 spiro atoms. The van der Waals surface area contributed by atoms with Crippen molar-refractivity contribution in [1.29, 1.82) is 0 Å². The van der Waals surface area contributed by atoms with Gasteiger partial charge in [-0.1, -0.05) is 23.7 Å². The van der Waals surface area contributed by atoms with Gasteiger partial charge in [0.2, 0.25) is 0 Å². The van der Waals surface area contributed by atoms with E-state index < -0.39 is 12.2 Å². The lowest BCUT2D eigenvalue weighted by atomic mass is 10.1.